The molecule has 194 valence electrons. The molecule has 2 aromatic heterocycles. The van der Waals surface area contributed by atoms with E-state index in [1.165, 1.54) is 12.3 Å². The monoisotopic (exact) mass is 526 g/mol. The van der Waals surface area contributed by atoms with Crippen molar-refractivity contribution in [3.63, 3.8) is 0 Å². The van der Waals surface area contributed by atoms with Gasteiger partial charge in [-0.1, -0.05) is 11.6 Å². The number of rotatable bonds is 6. The number of H-pyrrole nitrogens is 1. The van der Waals surface area contributed by atoms with Crippen LogP contribution < -0.4 is 20.7 Å². The van der Waals surface area contributed by atoms with Crippen LogP contribution in [0.1, 0.15) is 26.7 Å². The van der Waals surface area contributed by atoms with Crippen LogP contribution in [0.4, 0.5) is 29.6 Å². The first kappa shape index (κ1) is 25.8. The normalized spacial score (nSPS) is 17.6. The third-order valence-electron chi connectivity index (χ3n) is 5.89. The average molecular weight is 527 g/mol. The molecule has 0 aliphatic carbocycles. The minimum Gasteiger partial charge on any atom is -0.480 e. The van der Waals surface area contributed by atoms with Gasteiger partial charge in [0.1, 0.15) is 0 Å². The summed E-state index contributed by atoms with van der Waals surface area (Å²) in [5.41, 5.74) is 1.23. The van der Waals surface area contributed by atoms with E-state index in [-0.39, 0.29) is 33.6 Å². The van der Waals surface area contributed by atoms with Gasteiger partial charge in [0, 0.05) is 35.3 Å². The van der Waals surface area contributed by atoms with Crippen molar-refractivity contribution in [1.82, 2.24) is 20.3 Å². The molecule has 0 saturated carbocycles. The van der Waals surface area contributed by atoms with Gasteiger partial charge in [0.2, 0.25) is 5.95 Å². The van der Waals surface area contributed by atoms with Gasteiger partial charge in [0.05, 0.1) is 35.2 Å². The van der Waals surface area contributed by atoms with E-state index >= 15 is 0 Å². The first-order chi connectivity index (χ1) is 17.0. The lowest BCUT2D eigenvalue weighted by atomic mass is 9.91. The molecule has 0 radical (unpaired) electrons. The molecule has 0 bridgehead atoms. The number of ether oxygens (including phenoxy) is 2. The molecular formula is C23H26ClF3N6O3. The zero-order chi connectivity index (χ0) is 26.1. The van der Waals surface area contributed by atoms with Crippen LogP contribution in [0.5, 0.6) is 5.75 Å². The molecule has 1 aliphatic heterocycles. The van der Waals surface area contributed by atoms with Crippen LogP contribution in [0.3, 0.4) is 0 Å². The van der Waals surface area contributed by atoms with Crippen LogP contribution in [-0.2, 0) is 4.74 Å². The van der Waals surface area contributed by atoms with Crippen LogP contribution in [-0.4, -0.2) is 59.1 Å². The molecule has 0 unspecified atom stereocenters. The fourth-order valence-electron chi connectivity index (χ4n) is 3.99. The quantitative estimate of drug-likeness (QED) is 0.343. The Balaban J connectivity index is 1.68. The second-order valence-corrected chi connectivity index (χ2v) is 9.53. The summed E-state index contributed by atoms with van der Waals surface area (Å²) < 4.78 is 48.4. The number of hydrogen-bond acceptors (Lipinski definition) is 7. The number of aromatic amines is 1. The zero-order valence-electron chi connectivity index (χ0n) is 19.8. The second-order valence-electron chi connectivity index (χ2n) is 9.12. The fraction of sp³-hybridized carbons (Fsp3) is 0.435. The minimum atomic E-state index is -4.58. The Kier molecular flexibility index (Phi) is 7.19. The molecule has 13 heteroatoms. The number of amides is 1. The number of methoxy groups -OCH3 is 1. The predicted octanol–water partition coefficient (Wildman–Crippen LogP) is 5.34. The van der Waals surface area contributed by atoms with Crippen LogP contribution in [0.2, 0.25) is 5.02 Å². The van der Waals surface area contributed by atoms with Gasteiger partial charge in [0.25, 0.3) is 0 Å². The highest BCUT2D eigenvalue weighted by molar-refractivity contribution is 6.33. The summed E-state index contributed by atoms with van der Waals surface area (Å²) >= 11 is 6.42. The van der Waals surface area contributed by atoms with Crippen LogP contribution in [0.15, 0.2) is 24.5 Å². The lowest BCUT2D eigenvalue weighted by Crippen LogP contribution is -2.50. The van der Waals surface area contributed by atoms with E-state index in [1.807, 2.05) is 0 Å². The third-order valence-corrected chi connectivity index (χ3v) is 6.16. The van der Waals surface area contributed by atoms with Crippen LogP contribution >= 0.6 is 11.6 Å². The SMILES string of the molecule is COC(=O)Nc1ccc2c(-c3nc(N[C@H]4CCC(C)(C)NC4)ncc3Cl)c[nH]c2c1OCC(F)(F)F. The number of halogens is 4. The summed E-state index contributed by atoms with van der Waals surface area (Å²) in [5.74, 6) is 0.189. The molecule has 1 aliphatic rings. The second kappa shape index (κ2) is 10.0. The summed E-state index contributed by atoms with van der Waals surface area (Å²) in [6, 6.07) is 3.17. The molecule has 0 spiro atoms. The molecule has 1 aromatic carbocycles. The summed E-state index contributed by atoms with van der Waals surface area (Å²) in [4.78, 5) is 23.5. The Bertz CT molecular complexity index is 1250. The van der Waals surface area contributed by atoms with Crippen molar-refractivity contribution in [2.24, 2.45) is 0 Å². The molecular weight excluding hydrogens is 501 g/mol. The van der Waals surface area contributed by atoms with Crippen molar-refractivity contribution in [3.05, 3.63) is 29.5 Å². The third kappa shape index (κ3) is 5.93. The van der Waals surface area contributed by atoms with Gasteiger partial charge in [0.15, 0.2) is 12.4 Å². The summed E-state index contributed by atoms with van der Waals surface area (Å²) in [5, 5.41) is 9.92. The largest absolute Gasteiger partial charge is 0.480 e. The lowest BCUT2D eigenvalue weighted by Gasteiger charge is -2.36. The Labute approximate surface area is 210 Å². The van der Waals surface area contributed by atoms with Gasteiger partial charge in [-0.15, -0.1) is 0 Å². The van der Waals surface area contributed by atoms with Gasteiger partial charge in [-0.3, -0.25) is 5.32 Å². The van der Waals surface area contributed by atoms with Gasteiger partial charge in [-0.25, -0.2) is 14.8 Å². The smallest absolute Gasteiger partial charge is 0.422 e. The number of hydrogen-bond donors (Lipinski definition) is 4. The fourth-order valence-corrected chi connectivity index (χ4v) is 4.18. The standard InChI is InChI=1S/C23H26ClF3N6O3/c1-22(2)7-6-12(8-30-22)31-20-29-10-15(24)17(33-20)14-9-28-18-13(14)4-5-16(32-21(34)35-3)19(18)36-11-23(25,26)27/h4-5,9-10,12,28,30H,6-8,11H2,1-3H3,(H,32,34)(H,29,31,33)/t12-/m0/s1. The van der Waals surface area contributed by atoms with Gasteiger partial charge >= 0.3 is 12.3 Å². The molecule has 1 fully saturated rings. The molecule has 9 nitrogen and oxygen atoms in total. The number of carbonyl (C=O) groups is 1. The highest BCUT2D eigenvalue weighted by Crippen LogP contribution is 2.40. The topological polar surface area (TPSA) is 113 Å². The van der Waals surface area contributed by atoms with Crippen molar-refractivity contribution in [2.75, 3.05) is 30.9 Å². The summed E-state index contributed by atoms with van der Waals surface area (Å²) in [7, 11) is 1.14. The van der Waals surface area contributed by atoms with E-state index in [2.05, 4.69) is 49.5 Å². The first-order valence-corrected chi connectivity index (χ1v) is 11.6. The predicted molar refractivity (Wildman–Crippen MR) is 131 cm³/mol. The Morgan fingerprint density at radius 1 is 1.33 bits per heavy atom. The number of benzene rings is 1. The van der Waals surface area contributed by atoms with Crippen molar-refractivity contribution in [3.8, 4) is 17.0 Å². The molecule has 4 N–H and O–H groups in total. The molecule has 1 saturated heterocycles. The zero-order valence-corrected chi connectivity index (χ0v) is 20.6. The van der Waals surface area contributed by atoms with E-state index in [0.717, 1.165) is 26.5 Å². The molecule has 1 amide bonds. The molecule has 3 aromatic rings. The van der Waals surface area contributed by atoms with Crippen molar-refractivity contribution in [2.45, 2.75) is 44.4 Å². The summed E-state index contributed by atoms with van der Waals surface area (Å²) in [6.45, 7) is 3.49. The first-order valence-electron chi connectivity index (χ1n) is 11.2. The number of anilines is 2. The molecule has 3 heterocycles. The van der Waals surface area contributed by atoms with Gasteiger partial charge in [-0.05, 0) is 38.8 Å². The van der Waals surface area contributed by atoms with Crippen molar-refractivity contribution in [1.29, 1.82) is 0 Å². The van der Waals surface area contributed by atoms with Gasteiger partial charge in [-0.2, -0.15) is 13.2 Å². The van der Waals surface area contributed by atoms with E-state index < -0.39 is 18.9 Å². The number of aromatic nitrogens is 3. The number of piperidine rings is 1. The Morgan fingerprint density at radius 3 is 2.78 bits per heavy atom. The van der Waals surface area contributed by atoms with E-state index in [4.69, 9.17) is 16.3 Å². The maximum atomic E-state index is 12.9. The highest BCUT2D eigenvalue weighted by atomic mass is 35.5. The van der Waals surface area contributed by atoms with Crippen LogP contribution in [0, 0.1) is 0 Å². The number of nitrogens with one attached hydrogen (secondary N) is 4. The molecule has 4 rings (SSSR count). The number of alkyl halides is 3. The minimum absolute atomic E-state index is 0.0101. The lowest BCUT2D eigenvalue weighted by molar-refractivity contribution is -0.153. The summed E-state index contributed by atoms with van der Waals surface area (Å²) in [6.07, 6.45) is -0.483. The maximum Gasteiger partial charge on any atom is 0.422 e. The van der Waals surface area contributed by atoms with Gasteiger partial charge < -0.3 is 25.1 Å². The Hall–Kier alpha value is -3.25. The van der Waals surface area contributed by atoms with E-state index in [9.17, 15) is 18.0 Å². The van der Waals surface area contributed by atoms with Crippen LogP contribution in [0.25, 0.3) is 22.2 Å². The van der Waals surface area contributed by atoms with E-state index in [0.29, 0.717) is 22.6 Å². The molecule has 1 atom stereocenters. The van der Waals surface area contributed by atoms with Crippen molar-refractivity contribution < 1.29 is 27.4 Å². The Morgan fingerprint density at radius 2 is 2.11 bits per heavy atom. The highest BCUT2D eigenvalue weighted by Gasteiger charge is 2.30. The number of carbonyl (C=O) groups excluding carboxylic acids is 1. The molecule has 36 heavy (non-hydrogen) atoms. The number of nitrogens with zero attached hydrogens (tertiary/aromatic N) is 2. The van der Waals surface area contributed by atoms with Crippen molar-refractivity contribution >= 4 is 40.2 Å². The number of fused-ring (bicyclic) bond motifs is 1. The maximum absolute atomic E-state index is 12.9. The van der Waals surface area contributed by atoms with E-state index in [1.54, 1.807) is 12.3 Å². The average Bonchev–Trinajstić information content (AvgIpc) is 3.24.